The van der Waals surface area contributed by atoms with Crippen molar-refractivity contribution in [1.29, 1.82) is 0 Å². The highest BCUT2D eigenvalue weighted by molar-refractivity contribution is 5.47. The molecule has 0 amide bonds. The van der Waals surface area contributed by atoms with Crippen molar-refractivity contribution >= 4 is 0 Å². The Morgan fingerprint density at radius 3 is 2.10 bits per heavy atom. The minimum atomic E-state index is -4.98. The monoisotopic (exact) mass is 608 g/mol. The van der Waals surface area contributed by atoms with Crippen molar-refractivity contribution < 1.29 is 54.1 Å². The predicted molar refractivity (Wildman–Crippen MR) is 137 cm³/mol. The van der Waals surface area contributed by atoms with Crippen LogP contribution in [0.25, 0.3) is 0 Å². The Morgan fingerprint density at radius 2 is 1.50 bits per heavy atom. The molecule has 0 aliphatic rings. The molecule has 0 bridgehead atoms. The molecule has 3 nitrogen and oxygen atoms in total. The second-order valence-electron chi connectivity index (χ2n) is 10.2. The lowest BCUT2D eigenvalue weighted by Gasteiger charge is -2.37. The number of benzene rings is 3. The molecule has 0 radical (unpaired) electrons. The Labute approximate surface area is 236 Å². The van der Waals surface area contributed by atoms with Gasteiger partial charge in [0.2, 0.25) is 0 Å². The average molecular weight is 609 g/mol. The second kappa shape index (κ2) is 13.3. The van der Waals surface area contributed by atoms with Crippen LogP contribution in [0.15, 0.2) is 66.7 Å². The summed E-state index contributed by atoms with van der Waals surface area (Å²) in [4.78, 5) is 0. The Kier molecular flexibility index (Phi) is 10.5. The van der Waals surface area contributed by atoms with Crippen LogP contribution in [-0.4, -0.2) is 36.0 Å². The van der Waals surface area contributed by atoms with Gasteiger partial charge in [-0.25, -0.2) is 8.78 Å². The van der Waals surface area contributed by atoms with Gasteiger partial charge < -0.3 is 14.6 Å². The van der Waals surface area contributed by atoms with Gasteiger partial charge >= 0.3 is 18.7 Å². The third-order valence-electron chi connectivity index (χ3n) is 6.50. The van der Waals surface area contributed by atoms with Gasteiger partial charge in [0.15, 0.2) is 11.6 Å². The molecule has 0 aliphatic heterocycles. The van der Waals surface area contributed by atoms with E-state index in [1.807, 2.05) is 0 Å². The molecule has 230 valence electrons. The quantitative estimate of drug-likeness (QED) is 0.198. The maximum Gasteiger partial charge on any atom is 0.461 e. The molecule has 3 aromatic carbocycles. The number of hydrogen-bond donors (Lipinski definition) is 1. The summed E-state index contributed by atoms with van der Waals surface area (Å²) in [6, 6.07) is 14.1. The van der Waals surface area contributed by atoms with Crippen LogP contribution >= 0.6 is 0 Å². The summed E-state index contributed by atoms with van der Waals surface area (Å²) in [5.74, 6) is -3.16. The topological polar surface area (TPSA) is 38.7 Å². The van der Waals surface area contributed by atoms with Crippen LogP contribution in [0.1, 0.15) is 49.8 Å². The number of aliphatic hydroxyl groups is 1. The van der Waals surface area contributed by atoms with Gasteiger partial charge in [0.1, 0.15) is 11.6 Å². The molecule has 42 heavy (non-hydrogen) atoms. The Hall–Kier alpha value is -3.41. The summed E-state index contributed by atoms with van der Waals surface area (Å²) in [5, 5.41) is 10.3. The van der Waals surface area contributed by atoms with Crippen LogP contribution in [-0.2, 0) is 11.8 Å². The average Bonchev–Trinajstić information content (AvgIpc) is 2.86. The lowest BCUT2D eigenvalue weighted by Crippen LogP contribution is -2.35. The van der Waals surface area contributed by atoms with Gasteiger partial charge in [-0.3, -0.25) is 0 Å². The first-order chi connectivity index (χ1) is 19.5. The molecule has 0 aliphatic carbocycles. The summed E-state index contributed by atoms with van der Waals surface area (Å²) in [6.45, 7) is 3.24. The van der Waals surface area contributed by atoms with Crippen molar-refractivity contribution in [1.82, 2.24) is 0 Å². The second-order valence-corrected chi connectivity index (χ2v) is 10.2. The molecule has 0 saturated heterocycles. The SMILES string of the molecule is CC(C)Oc1cc([C@](CC[C@H](O)CC(F)(F)F)(Cc2ccccc2)c2cc(F)cc(OC(F)(F)C(F)F)c2)ccc1F. The van der Waals surface area contributed by atoms with E-state index >= 15 is 0 Å². The minimum Gasteiger partial charge on any atom is -0.488 e. The molecule has 1 N–H and O–H groups in total. The number of alkyl halides is 7. The van der Waals surface area contributed by atoms with Crippen LogP contribution in [0.4, 0.5) is 39.5 Å². The highest BCUT2D eigenvalue weighted by Gasteiger charge is 2.45. The summed E-state index contributed by atoms with van der Waals surface area (Å²) < 4.78 is 132. The largest absolute Gasteiger partial charge is 0.488 e. The van der Waals surface area contributed by atoms with Gasteiger partial charge in [-0.2, -0.15) is 30.7 Å². The maximum absolute atomic E-state index is 14.9. The van der Waals surface area contributed by atoms with Gasteiger partial charge in [-0.15, -0.1) is 0 Å². The molecule has 0 saturated carbocycles. The van der Waals surface area contributed by atoms with Crippen molar-refractivity contribution in [2.45, 2.75) is 75.9 Å². The number of halogens is 9. The van der Waals surface area contributed by atoms with Crippen molar-refractivity contribution in [3.63, 3.8) is 0 Å². The Bertz CT molecular complexity index is 1310. The molecule has 3 rings (SSSR count). The third kappa shape index (κ3) is 8.80. The fourth-order valence-corrected chi connectivity index (χ4v) is 4.72. The Balaban J connectivity index is 2.28. The maximum atomic E-state index is 14.9. The first-order valence-corrected chi connectivity index (χ1v) is 12.9. The highest BCUT2D eigenvalue weighted by atomic mass is 19.4. The highest BCUT2D eigenvalue weighted by Crippen LogP contribution is 2.44. The first-order valence-electron chi connectivity index (χ1n) is 12.9. The van der Waals surface area contributed by atoms with Gasteiger partial charge in [-0.05, 0) is 74.1 Å². The first kappa shape index (κ1) is 33.1. The number of ether oxygens (including phenoxy) is 2. The Morgan fingerprint density at radius 1 is 0.833 bits per heavy atom. The predicted octanol–water partition coefficient (Wildman–Crippen LogP) is 8.61. The normalized spacial score (nSPS) is 14.6. The van der Waals surface area contributed by atoms with Gasteiger partial charge in [0.05, 0.1) is 18.6 Å². The van der Waals surface area contributed by atoms with Crippen molar-refractivity contribution in [2.24, 2.45) is 0 Å². The van der Waals surface area contributed by atoms with E-state index in [-0.39, 0.29) is 29.7 Å². The molecule has 0 spiro atoms. The van der Waals surface area contributed by atoms with Gasteiger partial charge in [0.25, 0.3) is 0 Å². The smallest absolute Gasteiger partial charge is 0.461 e. The fraction of sp³-hybridized carbons (Fsp3) is 0.400. The van der Waals surface area contributed by atoms with E-state index in [1.165, 1.54) is 12.1 Å². The van der Waals surface area contributed by atoms with Gasteiger partial charge in [-0.1, -0.05) is 36.4 Å². The zero-order valence-electron chi connectivity index (χ0n) is 22.6. The molecule has 0 heterocycles. The third-order valence-corrected chi connectivity index (χ3v) is 6.50. The number of aliphatic hydroxyl groups excluding tert-OH is 1. The number of hydrogen-bond acceptors (Lipinski definition) is 3. The number of rotatable bonds is 13. The lowest BCUT2D eigenvalue weighted by molar-refractivity contribution is -0.253. The van der Waals surface area contributed by atoms with E-state index in [0.717, 1.165) is 18.2 Å². The van der Waals surface area contributed by atoms with Crippen LogP contribution < -0.4 is 9.47 Å². The van der Waals surface area contributed by atoms with Crippen molar-refractivity contribution in [3.05, 3.63) is 95.1 Å². The van der Waals surface area contributed by atoms with Crippen LogP contribution in [0, 0.1) is 11.6 Å². The van der Waals surface area contributed by atoms with Crippen molar-refractivity contribution in [2.75, 3.05) is 0 Å². The lowest BCUT2D eigenvalue weighted by atomic mass is 9.67. The molecular formula is C30H29F9O3. The van der Waals surface area contributed by atoms with Gasteiger partial charge in [0, 0.05) is 11.5 Å². The minimum absolute atomic E-state index is 0.104. The van der Waals surface area contributed by atoms with E-state index in [0.29, 0.717) is 11.6 Å². The van der Waals surface area contributed by atoms with E-state index < -0.39 is 66.6 Å². The summed E-state index contributed by atoms with van der Waals surface area (Å²) >= 11 is 0. The van der Waals surface area contributed by atoms with E-state index in [4.69, 9.17) is 4.74 Å². The molecule has 12 heteroatoms. The standard InChI is InChI=1S/C30H29F9O3/c1-18(2)41-26-14-20(8-9-25(26)32)28(16-19-6-4-3-5-7-19,11-10-23(40)17-29(35,36)37)21-12-22(31)15-24(13-21)42-30(38,39)27(33)34/h3-9,12-15,18,23,27,40H,10-11,16-17H2,1-2H3/t23-,28-/m0/s1. The van der Waals surface area contributed by atoms with Crippen molar-refractivity contribution in [3.8, 4) is 11.5 Å². The molecule has 0 unspecified atom stereocenters. The summed E-state index contributed by atoms with van der Waals surface area (Å²) in [6.07, 6.45) is -18.9. The molecule has 3 aromatic rings. The van der Waals surface area contributed by atoms with E-state index in [1.54, 1.807) is 44.2 Å². The van der Waals surface area contributed by atoms with Crippen LogP contribution in [0.3, 0.4) is 0 Å². The molecular weight excluding hydrogens is 579 g/mol. The molecule has 0 fully saturated rings. The van der Waals surface area contributed by atoms with E-state index in [2.05, 4.69) is 4.74 Å². The zero-order valence-corrected chi connectivity index (χ0v) is 22.6. The fourth-order valence-electron chi connectivity index (χ4n) is 4.72. The zero-order chi connectivity index (χ0) is 31.3. The van der Waals surface area contributed by atoms with Crippen LogP contribution in [0.2, 0.25) is 0 Å². The molecule has 2 atom stereocenters. The summed E-state index contributed by atoms with van der Waals surface area (Å²) in [7, 11) is 0. The molecule has 0 aromatic heterocycles. The van der Waals surface area contributed by atoms with E-state index in [9.17, 15) is 44.6 Å². The van der Waals surface area contributed by atoms with Crippen LogP contribution in [0.5, 0.6) is 11.5 Å². The summed E-state index contributed by atoms with van der Waals surface area (Å²) in [5.41, 5.74) is -1.02.